The number of rotatable bonds is 5. The van der Waals surface area contributed by atoms with Gasteiger partial charge in [-0.05, 0) is 5.92 Å². The molecule has 17 heavy (non-hydrogen) atoms. The van der Waals surface area contributed by atoms with E-state index in [2.05, 4.69) is 0 Å². The molecule has 1 aliphatic rings. The quantitative estimate of drug-likeness (QED) is 0.735. The van der Waals surface area contributed by atoms with Crippen molar-refractivity contribution in [2.24, 2.45) is 0 Å². The van der Waals surface area contributed by atoms with Gasteiger partial charge in [0.25, 0.3) is 0 Å². The third-order valence-electron chi connectivity index (χ3n) is 2.91. The second-order valence-electron chi connectivity index (χ2n) is 4.12. The summed E-state index contributed by atoms with van der Waals surface area (Å²) in [5.74, 6) is 1.65. The van der Waals surface area contributed by atoms with E-state index in [1.165, 1.54) is 0 Å². The normalized spacial score (nSPS) is 14.7. The molecule has 0 saturated heterocycles. The van der Waals surface area contributed by atoms with E-state index in [0.717, 1.165) is 28.9 Å². The number of fused-ring (bicyclic) bond motifs is 1. The molecule has 0 bridgehead atoms. The minimum absolute atomic E-state index is 0.138. The maximum atomic E-state index is 10.6. The lowest BCUT2D eigenvalue weighted by molar-refractivity contribution is -0.108. The van der Waals surface area contributed by atoms with Crippen LogP contribution in [0.5, 0.6) is 11.5 Å². The second-order valence-corrected chi connectivity index (χ2v) is 4.12. The third-order valence-corrected chi connectivity index (χ3v) is 2.91. The first-order valence-corrected chi connectivity index (χ1v) is 5.61. The Kier molecular flexibility index (Phi) is 3.64. The van der Waals surface area contributed by atoms with Crippen LogP contribution in [0.1, 0.15) is 30.4 Å². The SMILES string of the molecule is COCc1ccc(C(C)CC=O)c2c1OCO2. The molecule has 0 amide bonds. The molecule has 1 aromatic carbocycles. The maximum Gasteiger partial charge on any atom is 0.231 e. The van der Waals surface area contributed by atoms with E-state index in [9.17, 15) is 4.79 Å². The summed E-state index contributed by atoms with van der Waals surface area (Å²) in [4.78, 5) is 10.6. The zero-order valence-corrected chi connectivity index (χ0v) is 10.1. The molecule has 0 N–H and O–H groups in total. The van der Waals surface area contributed by atoms with Gasteiger partial charge in [0.1, 0.15) is 6.29 Å². The van der Waals surface area contributed by atoms with Crippen molar-refractivity contribution < 1.29 is 19.0 Å². The molecule has 0 saturated carbocycles. The van der Waals surface area contributed by atoms with E-state index in [1.807, 2.05) is 19.1 Å². The summed E-state index contributed by atoms with van der Waals surface area (Å²) in [7, 11) is 1.64. The van der Waals surface area contributed by atoms with Crippen LogP contribution in [0.25, 0.3) is 0 Å². The van der Waals surface area contributed by atoms with Crippen LogP contribution in [0, 0.1) is 0 Å². The maximum absolute atomic E-state index is 10.6. The van der Waals surface area contributed by atoms with E-state index in [-0.39, 0.29) is 12.7 Å². The number of carbonyl (C=O) groups excluding carboxylic acids is 1. The second kappa shape index (κ2) is 5.19. The Balaban J connectivity index is 2.36. The van der Waals surface area contributed by atoms with Crippen molar-refractivity contribution in [3.8, 4) is 11.5 Å². The van der Waals surface area contributed by atoms with E-state index in [1.54, 1.807) is 7.11 Å². The molecule has 1 atom stereocenters. The molecule has 92 valence electrons. The van der Waals surface area contributed by atoms with Gasteiger partial charge in [0.05, 0.1) is 6.61 Å². The van der Waals surface area contributed by atoms with E-state index in [4.69, 9.17) is 14.2 Å². The Morgan fingerprint density at radius 2 is 2.18 bits per heavy atom. The molecule has 4 nitrogen and oxygen atoms in total. The van der Waals surface area contributed by atoms with Crippen LogP contribution in [0.15, 0.2) is 12.1 Å². The molecule has 1 unspecified atom stereocenters. The molecular formula is C13H16O4. The van der Waals surface area contributed by atoms with Gasteiger partial charge in [0.2, 0.25) is 6.79 Å². The van der Waals surface area contributed by atoms with Crippen LogP contribution in [-0.4, -0.2) is 20.2 Å². The first-order chi connectivity index (χ1) is 8.27. The fraction of sp³-hybridized carbons (Fsp3) is 0.462. The van der Waals surface area contributed by atoms with Crippen molar-refractivity contribution in [2.75, 3.05) is 13.9 Å². The lowest BCUT2D eigenvalue weighted by Crippen LogP contribution is -1.98. The van der Waals surface area contributed by atoms with Crippen LogP contribution < -0.4 is 9.47 Å². The van der Waals surface area contributed by atoms with Gasteiger partial charge in [0.15, 0.2) is 11.5 Å². The molecule has 0 aliphatic carbocycles. The molecule has 1 aliphatic heterocycles. The van der Waals surface area contributed by atoms with Crippen molar-refractivity contribution in [3.63, 3.8) is 0 Å². The lowest BCUT2D eigenvalue weighted by atomic mass is 9.95. The highest BCUT2D eigenvalue weighted by Gasteiger charge is 2.24. The van der Waals surface area contributed by atoms with Crippen molar-refractivity contribution in [1.29, 1.82) is 0 Å². The summed E-state index contributed by atoms with van der Waals surface area (Å²) < 4.78 is 16.1. The summed E-state index contributed by atoms with van der Waals surface area (Å²) in [5.41, 5.74) is 1.99. The third kappa shape index (κ3) is 2.26. The molecule has 0 aromatic heterocycles. The predicted octanol–water partition coefficient (Wildman–Crippen LogP) is 2.25. The molecular weight excluding hydrogens is 220 g/mol. The van der Waals surface area contributed by atoms with Crippen molar-refractivity contribution in [3.05, 3.63) is 23.3 Å². The molecule has 0 fully saturated rings. The van der Waals surface area contributed by atoms with Gasteiger partial charge in [-0.2, -0.15) is 0 Å². The number of ether oxygens (including phenoxy) is 3. The summed E-state index contributed by atoms with van der Waals surface area (Å²) in [6.07, 6.45) is 1.41. The zero-order chi connectivity index (χ0) is 12.3. The van der Waals surface area contributed by atoms with Crippen molar-refractivity contribution >= 4 is 6.29 Å². The fourth-order valence-corrected chi connectivity index (χ4v) is 2.00. The Bertz CT molecular complexity index is 414. The summed E-state index contributed by atoms with van der Waals surface area (Å²) in [6, 6.07) is 3.95. The number of carbonyl (C=O) groups is 1. The van der Waals surface area contributed by atoms with E-state index >= 15 is 0 Å². The van der Waals surface area contributed by atoms with Crippen LogP contribution in [-0.2, 0) is 16.1 Å². The Morgan fingerprint density at radius 3 is 2.88 bits per heavy atom. The molecule has 1 aromatic rings. The summed E-state index contributed by atoms with van der Waals surface area (Å²) >= 11 is 0. The number of aldehydes is 1. The molecule has 2 rings (SSSR count). The van der Waals surface area contributed by atoms with Crippen molar-refractivity contribution in [2.45, 2.75) is 25.9 Å². The van der Waals surface area contributed by atoms with Gasteiger partial charge < -0.3 is 19.0 Å². The summed E-state index contributed by atoms with van der Waals surface area (Å²) in [6.45, 7) is 2.73. The van der Waals surface area contributed by atoms with Gasteiger partial charge in [-0.3, -0.25) is 0 Å². The minimum atomic E-state index is 0.138. The first kappa shape index (κ1) is 11.9. The topological polar surface area (TPSA) is 44.8 Å². The molecule has 0 radical (unpaired) electrons. The number of hydrogen-bond acceptors (Lipinski definition) is 4. The highest BCUT2D eigenvalue weighted by Crippen LogP contribution is 2.42. The van der Waals surface area contributed by atoms with Crippen LogP contribution in [0.2, 0.25) is 0 Å². The lowest BCUT2D eigenvalue weighted by Gasteiger charge is -2.13. The molecule has 4 heteroatoms. The standard InChI is InChI=1S/C13H16O4/c1-9(5-6-14)11-4-3-10(7-15-2)12-13(11)17-8-16-12/h3-4,6,9H,5,7-8H2,1-2H3. The fourth-order valence-electron chi connectivity index (χ4n) is 2.00. The number of benzene rings is 1. The minimum Gasteiger partial charge on any atom is -0.453 e. The molecule has 0 spiro atoms. The number of hydrogen-bond donors (Lipinski definition) is 0. The van der Waals surface area contributed by atoms with Crippen LogP contribution in [0.4, 0.5) is 0 Å². The Labute approximate surface area is 100 Å². The zero-order valence-electron chi connectivity index (χ0n) is 10.1. The van der Waals surface area contributed by atoms with Gasteiger partial charge in [-0.1, -0.05) is 19.1 Å². The highest BCUT2D eigenvalue weighted by molar-refractivity contribution is 5.57. The monoisotopic (exact) mass is 236 g/mol. The predicted molar refractivity (Wildman–Crippen MR) is 62.4 cm³/mol. The van der Waals surface area contributed by atoms with E-state index in [0.29, 0.717) is 13.0 Å². The van der Waals surface area contributed by atoms with Crippen LogP contribution >= 0.6 is 0 Å². The average molecular weight is 236 g/mol. The highest BCUT2D eigenvalue weighted by atomic mass is 16.7. The van der Waals surface area contributed by atoms with Crippen LogP contribution in [0.3, 0.4) is 0 Å². The Hall–Kier alpha value is -1.55. The van der Waals surface area contributed by atoms with Gasteiger partial charge in [-0.25, -0.2) is 0 Å². The first-order valence-electron chi connectivity index (χ1n) is 5.61. The molecule has 1 heterocycles. The largest absolute Gasteiger partial charge is 0.453 e. The number of methoxy groups -OCH3 is 1. The van der Waals surface area contributed by atoms with Crippen molar-refractivity contribution in [1.82, 2.24) is 0 Å². The summed E-state index contributed by atoms with van der Waals surface area (Å²) in [5, 5.41) is 0. The van der Waals surface area contributed by atoms with Gasteiger partial charge in [0, 0.05) is 24.7 Å². The van der Waals surface area contributed by atoms with E-state index < -0.39 is 0 Å². The smallest absolute Gasteiger partial charge is 0.231 e. The average Bonchev–Trinajstić information content (AvgIpc) is 2.79. The van der Waals surface area contributed by atoms with Gasteiger partial charge in [-0.15, -0.1) is 0 Å². The van der Waals surface area contributed by atoms with Gasteiger partial charge >= 0.3 is 0 Å². The Morgan fingerprint density at radius 1 is 1.41 bits per heavy atom.